The van der Waals surface area contributed by atoms with Crippen LogP contribution in [-0.4, -0.2) is 70.2 Å². The van der Waals surface area contributed by atoms with E-state index in [2.05, 4.69) is 23.3 Å². The molecule has 0 aromatic rings. The molecule has 0 spiro atoms. The Hall–Kier alpha value is -0.690. The van der Waals surface area contributed by atoms with Gasteiger partial charge in [-0.3, -0.25) is 0 Å². The fourth-order valence-electron chi connectivity index (χ4n) is 4.40. The molecule has 0 aromatic heterocycles. The van der Waals surface area contributed by atoms with Crippen LogP contribution >= 0.6 is 12.2 Å². The maximum atomic E-state index is 5.44. The van der Waals surface area contributed by atoms with E-state index >= 15 is 0 Å². The number of quaternary nitrogens is 2. The molecule has 5 nitrogen and oxygen atoms in total. The summed E-state index contributed by atoms with van der Waals surface area (Å²) in [5, 5.41) is 7.63. The summed E-state index contributed by atoms with van der Waals surface area (Å²) in [5.74, 6) is 1.58. The molecule has 0 saturated carbocycles. The number of rotatable bonds is 6. The third-order valence-electron chi connectivity index (χ3n) is 5.88. The van der Waals surface area contributed by atoms with E-state index < -0.39 is 0 Å². The Morgan fingerprint density at radius 1 is 1.26 bits per heavy atom. The predicted molar refractivity (Wildman–Crippen MR) is 95.9 cm³/mol. The van der Waals surface area contributed by atoms with Gasteiger partial charge in [-0.05, 0) is 18.1 Å². The quantitative estimate of drug-likeness (QED) is 0.329. The molecular weight excluding hydrogens is 308 g/mol. The first-order valence-corrected chi connectivity index (χ1v) is 9.57. The van der Waals surface area contributed by atoms with Crippen LogP contribution in [0.4, 0.5) is 0 Å². The number of hydrogen-bond acceptors (Lipinski definition) is 2. The summed E-state index contributed by atoms with van der Waals surface area (Å²) in [6, 6.07) is 0.717. The fraction of sp³-hybridized carbons (Fsp3) is 0.824. The van der Waals surface area contributed by atoms with Crippen molar-refractivity contribution in [2.45, 2.75) is 18.9 Å². The van der Waals surface area contributed by atoms with Gasteiger partial charge in [-0.15, -0.1) is 6.58 Å². The zero-order valence-electron chi connectivity index (χ0n) is 14.1. The third-order valence-corrected chi connectivity index (χ3v) is 6.17. The second kappa shape index (κ2) is 8.42. The van der Waals surface area contributed by atoms with Crippen molar-refractivity contribution < 1.29 is 14.5 Å². The lowest BCUT2D eigenvalue weighted by Crippen LogP contribution is -3.20. The third kappa shape index (κ3) is 4.66. The Morgan fingerprint density at radius 2 is 2.09 bits per heavy atom. The molecular formula is C17H32N4OS+2. The summed E-state index contributed by atoms with van der Waals surface area (Å²) < 4.78 is 5.38. The van der Waals surface area contributed by atoms with E-state index in [0.717, 1.165) is 68.9 Å². The molecule has 0 aliphatic carbocycles. The number of nitrogens with one attached hydrogen (secondary N) is 4. The van der Waals surface area contributed by atoms with Crippen LogP contribution in [0.25, 0.3) is 0 Å². The number of hydrogen-bond donors (Lipinski definition) is 4. The number of ether oxygens (including phenoxy) is 1. The van der Waals surface area contributed by atoms with Crippen molar-refractivity contribution in [3.05, 3.63) is 12.7 Å². The first-order valence-electron chi connectivity index (χ1n) is 9.16. The van der Waals surface area contributed by atoms with Gasteiger partial charge in [0, 0.05) is 18.8 Å². The molecule has 0 radical (unpaired) electrons. The van der Waals surface area contributed by atoms with E-state index in [0.29, 0.717) is 0 Å². The SMILES string of the molecule is C=C[C@H]1C[NH+]2CC[C@H]1C[C@@H]2CNC(=S)NCC[NH+]1CCOCC1. The maximum absolute atomic E-state index is 5.44. The highest BCUT2D eigenvalue weighted by Gasteiger charge is 2.41. The van der Waals surface area contributed by atoms with E-state index in [1.807, 2.05) is 0 Å². The van der Waals surface area contributed by atoms with Gasteiger partial charge < -0.3 is 25.2 Å². The molecule has 4 N–H and O–H groups in total. The molecule has 130 valence electrons. The van der Waals surface area contributed by atoms with Crippen LogP contribution in [0.1, 0.15) is 12.8 Å². The molecule has 4 heterocycles. The first kappa shape index (κ1) is 17.1. The van der Waals surface area contributed by atoms with Gasteiger partial charge in [0.05, 0.1) is 45.9 Å². The Balaban J connectivity index is 1.31. The van der Waals surface area contributed by atoms with Gasteiger partial charge in [0.2, 0.25) is 0 Å². The number of fused-ring (bicyclic) bond motifs is 3. The van der Waals surface area contributed by atoms with Gasteiger partial charge in [-0.2, -0.15) is 0 Å². The largest absolute Gasteiger partial charge is 0.370 e. The lowest BCUT2D eigenvalue weighted by atomic mass is 9.76. The lowest BCUT2D eigenvalue weighted by Gasteiger charge is -2.46. The minimum absolute atomic E-state index is 0.717. The van der Waals surface area contributed by atoms with Crippen LogP contribution in [0.2, 0.25) is 0 Å². The molecule has 4 aliphatic rings. The molecule has 6 heteroatoms. The summed E-state index contributed by atoms with van der Waals surface area (Å²) >= 11 is 5.44. The summed E-state index contributed by atoms with van der Waals surface area (Å²) in [7, 11) is 0. The zero-order chi connectivity index (χ0) is 16.1. The second-order valence-electron chi connectivity index (χ2n) is 7.24. The molecule has 4 rings (SSSR count). The van der Waals surface area contributed by atoms with Gasteiger partial charge in [0.1, 0.15) is 19.1 Å². The summed E-state index contributed by atoms with van der Waals surface area (Å²) in [4.78, 5) is 3.35. The summed E-state index contributed by atoms with van der Waals surface area (Å²) in [5.41, 5.74) is 0. The highest BCUT2D eigenvalue weighted by molar-refractivity contribution is 7.80. The fourth-order valence-corrected chi connectivity index (χ4v) is 4.58. The molecule has 2 bridgehead atoms. The number of piperidine rings is 3. The molecule has 0 amide bonds. The molecule has 4 fully saturated rings. The van der Waals surface area contributed by atoms with E-state index in [9.17, 15) is 0 Å². The lowest BCUT2D eigenvalue weighted by molar-refractivity contribution is -0.944. The minimum atomic E-state index is 0.717. The van der Waals surface area contributed by atoms with E-state index in [4.69, 9.17) is 17.0 Å². The van der Waals surface area contributed by atoms with Gasteiger partial charge in [0.25, 0.3) is 0 Å². The minimum Gasteiger partial charge on any atom is -0.370 e. The van der Waals surface area contributed by atoms with Crippen LogP contribution in [0.5, 0.6) is 0 Å². The predicted octanol–water partition coefficient (Wildman–Crippen LogP) is -2.16. The smallest absolute Gasteiger partial charge is 0.166 e. The summed E-state index contributed by atoms with van der Waals surface area (Å²) in [6.45, 7) is 13.7. The average Bonchev–Trinajstić information content (AvgIpc) is 2.61. The number of thiocarbonyl (C=S) groups is 1. The molecule has 1 unspecified atom stereocenters. The van der Waals surface area contributed by atoms with Crippen molar-refractivity contribution in [3.8, 4) is 0 Å². The zero-order valence-corrected chi connectivity index (χ0v) is 14.9. The molecule has 4 atom stereocenters. The van der Waals surface area contributed by atoms with Crippen molar-refractivity contribution in [2.75, 3.05) is 59.0 Å². The van der Waals surface area contributed by atoms with Gasteiger partial charge in [0.15, 0.2) is 5.11 Å². The van der Waals surface area contributed by atoms with Crippen LogP contribution in [0.3, 0.4) is 0 Å². The molecule has 4 saturated heterocycles. The van der Waals surface area contributed by atoms with Crippen LogP contribution in [-0.2, 0) is 4.74 Å². The first-order chi connectivity index (χ1) is 11.3. The van der Waals surface area contributed by atoms with E-state index in [1.54, 1.807) is 9.80 Å². The van der Waals surface area contributed by atoms with Crippen LogP contribution < -0.4 is 20.4 Å². The van der Waals surface area contributed by atoms with Crippen molar-refractivity contribution in [1.82, 2.24) is 10.6 Å². The molecule has 4 aliphatic heterocycles. The van der Waals surface area contributed by atoms with Crippen LogP contribution in [0.15, 0.2) is 12.7 Å². The Bertz CT molecular complexity index is 413. The van der Waals surface area contributed by atoms with Gasteiger partial charge in [-0.1, -0.05) is 6.08 Å². The monoisotopic (exact) mass is 340 g/mol. The highest BCUT2D eigenvalue weighted by Crippen LogP contribution is 2.27. The van der Waals surface area contributed by atoms with E-state index in [-0.39, 0.29) is 0 Å². The molecule has 23 heavy (non-hydrogen) atoms. The number of morpholine rings is 1. The normalized spacial score (nSPS) is 34.1. The summed E-state index contributed by atoms with van der Waals surface area (Å²) in [6.07, 6.45) is 4.86. The van der Waals surface area contributed by atoms with Crippen LogP contribution in [0, 0.1) is 11.8 Å². The Kier molecular flexibility index (Phi) is 6.28. The van der Waals surface area contributed by atoms with E-state index in [1.165, 1.54) is 25.9 Å². The second-order valence-corrected chi connectivity index (χ2v) is 7.65. The van der Waals surface area contributed by atoms with Gasteiger partial charge >= 0.3 is 0 Å². The standard InChI is InChI=1S/C17H30N4OS/c1-2-14-13-21-5-3-15(14)11-16(21)12-19-17(23)18-4-6-20-7-9-22-10-8-20/h2,14-16H,1,3-13H2,(H2,18,19,23)/p+2/t14-,15-,16+/m0/s1. The topological polar surface area (TPSA) is 42.2 Å². The van der Waals surface area contributed by atoms with Crippen molar-refractivity contribution in [2.24, 2.45) is 11.8 Å². The molecule has 0 aromatic carbocycles. The highest BCUT2D eigenvalue weighted by atomic mass is 32.1. The van der Waals surface area contributed by atoms with Gasteiger partial charge in [-0.25, -0.2) is 0 Å². The maximum Gasteiger partial charge on any atom is 0.166 e. The average molecular weight is 341 g/mol. The van der Waals surface area contributed by atoms with Crippen molar-refractivity contribution >= 4 is 17.3 Å². The van der Waals surface area contributed by atoms with Crippen molar-refractivity contribution in [1.29, 1.82) is 0 Å². The van der Waals surface area contributed by atoms with Crippen molar-refractivity contribution in [3.63, 3.8) is 0 Å². The Morgan fingerprint density at radius 3 is 2.78 bits per heavy atom. The Labute approximate surface area is 145 Å².